The minimum absolute atomic E-state index is 0.0201. The Kier molecular flexibility index (Phi) is 5.48. The van der Waals surface area contributed by atoms with Gasteiger partial charge in [0.25, 0.3) is 10.0 Å². The van der Waals surface area contributed by atoms with E-state index in [1.807, 2.05) is 0 Å². The van der Waals surface area contributed by atoms with Crippen LogP contribution in [0, 0.1) is 11.6 Å². The molecule has 0 fully saturated rings. The Labute approximate surface area is 185 Å². The third-order valence-corrected chi connectivity index (χ3v) is 5.88. The number of hydrogen-bond donors (Lipinski definition) is 2. The SMILES string of the molecule is COc1ncc(Cl)cc1S(=O)(=O)Nc1ccc(F)c(-c2ccc3nc(N)ncc3n2)c1F. The van der Waals surface area contributed by atoms with Crippen LogP contribution in [0.4, 0.5) is 20.4 Å². The number of methoxy groups -OCH3 is 1. The Morgan fingerprint density at radius 2 is 1.84 bits per heavy atom. The van der Waals surface area contributed by atoms with Gasteiger partial charge in [-0.25, -0.2) is 37.1 Å². The molecule has 0 aliphatic heterocycles. The van der Waals surface area contributed by atoms with Crippen LogP contribution in [-0.4, -0.2) is 35.5 Å². The molecule has 0 amide bonds. The summed E-state index contributed by atoms with van der Waals surface area (Å²) in [5.41, 5.74) is 4.99. The van der Waals surface area contributed by atoms with E-state index in [-0.39, 0.29) is 28.1 Å². The second-order valence-electron chi connectivity index (χ2n) is 6.38. The third kappa shape index (κ3) is 3.97. The number of nitrogens with zero attached hydrogens (tertiary/aromatic N) is 4. The zero-order valence-corrected chi connectivity index (χ0v) is 17.7. The van der Waals surface area contributed by atoms with E-state index in [4.69, 9.17) is 22.1 Å². The number of aromatic nitrogens is 4. The number of anilines is 2. The zero-order chi connectivity index (χ0) is 23.0. The van der Waals surface area contributed by atoms with Crippen LogP contribution in [0.15, 0.2) is 47.6 Å². The molecule has 164 valence electrons. The summed E-state index contributed by atoms with van der Waals surface area (Å²) >= 11 is 5.84. The molecule has 13 heteroatoms. The van der Waals surface area contributed by atoms with Crippen molar-refractivity contribution in [2.45, 2.75) is 4.90 Å². The molecule has 3 N–H and O–H groups in total. The molecule has 32 heavy (non-hydrogen) atoms. The highest BCUT2D eigenvalue weighted by atomic mass is 35.5. The summed E-state index contributed by atoms with van der Waals surface area (Å²) < 4.78 is 62.5. The first-order valence-electron chi connectivity index (χ1n) is 8.79. The van der Waals surface area contributed by atoms with Crippen molar-refractivity contribution >= 4 is 44.3 Å². The highest BCUT2D eigenvalue weighted by Gasteiger charge is 2.25. The topological polar surface area (TPSA) is 133 Å². The molecule has 0 aliphatic carbocycles. The Hall–Kier alpha value is -3.64. The number of hydrogen-bond acceptors (Lipinski definition) is 8. The normalized spacial score (nSPS) is 11.5. The molecule has 0 bridgehead atoms. The molecule has 3 aromatic heterocycles. The second kappa shape index (κ2) is 8.13. The number of pyridine rings is 2. The van der Waals surface area contributed by atoms with E-state index < -0.39 is 37.8 Å². The molecule has 0 spiro atoms. The molecule has 1 aromatic carbocycles. The van der Waals surface area contributed by atoms with Gasteiger partial charge in [0.15, 0.2) is 10.7 Å². The molecular weight excluding hydrogens is 466 g/mol. The van der Waals surface area contributed by atoms with Crippen molar-refractivity contribution in [2.24, 2.45) is 0 Å². The summed E-state index contributed by atoms with van der Waals surface area (Å²) in [5.74, 6) is -2.35. The van der Waals surface area contributed by atoms with Gasteiger partial charge in [-0.1, -0.05) is 11.6 Å². The second-order valence-corrected chi connectivity index (χ2v) is 8.47. The minimum atomic E-state index is -4.39. The van der Waals surface area contributed by atoms with Crippen molar-refractivity contribution in [1.29, 1.82) is 0 Å². The molecule has 0 radical (unpaired) electrons. The number of ether oxygens (including phenoxy) is 1. The maximum atomic E-state index is 15.3. The van der Waals surface area contributed by atoms with Gasteiger partial charge in [-0.3, -0.25) is 4.72 Å². The number of rotatable bonds is 5. The average Bonchev–Trinajstić information content (AvgIpc) is 2.76. The maximum absolute atomic E-state index is 15.3. The van der Waals surface area contributed by atoms with E-state index in [0.717, 1.165) is 18.2 Å². The average molecular weight is 479 g/mol. The van der Waals surface area contributed by atoms with E-state index in [1.54, 1.807) is 0 Å². The van der Waals surface area contributed by atoms with Crippen molar-refractivity contribution in [3.05, 3.63) is 59.4 Å². The summed E-state index contributed by atoms with van der Waals surface area (Å²) in [6, 6.07) is 5.75. The number of fused-ring (bicyclic) bond motifs is 1. The van der Waals surface area contributed by atoms with Gasteiger partial charge in [0.1, 0.15) is 11.3 Å². The molecule has 0 saturated carbocycles. The Balaban J connectivity index is 1.79. The van der Waals surface area contributed by atoms with E-state index in [9.17, 15) is 12.8 Å². The number of nitrogens with one attached hydrogen (secondary N) is 1. The lowest BCUT2D eigenvalue weighted by Crippen LogP contribution is -2.16. The van der Waals surface area contributed by atoms with E-state index in [0.29, 0.717) is 5.52 Å². The Morgan fingerprint density at radius 1 is 1.06 bits per heavy atom. The molecule has 4 rings (SSSR count). The predicted molar refractivity (Wildman–Crippen MR) is 114 cm³/mol. The zero-order valence-electron chi connectivity index (χ0n) is 16.2. The first-order valence-corrected chi connectivity index (χ1v) is 10.7. The summed E-state index contributed by atoms with van der Waals surface area (Å²) in [6.45, 7) is 0. The molecule has 0 aliphatic rings. The molecule has 0 atom stereocenters. The van der Waals surface area contributed by atoms with Gasteiger partial charge in [0.05, 0.1) is 40.8 Å². The van der Waals surface area contributed by atoms with Crippen LogP contribution in [0.2, 0.25) is 5.02 Å². The fraction of sp³-hybridized carbons (Fsp3) is 0.0526. The fourth-order valence-corrected chi connectivity index (χ4v) is 4.32. The monoisotopic (exact) mass is 478 g/mol. The van der Waals surface area contributed by atoms with Gasteiger partial charge in [-0.2, -0.15) is 0 Å². The molecule has 9 nitrogen and oxygen atoms in total. The van der Waals surface area contributed by atoms with Crippen LogP contribution in [0.3, 0.4) is 0 Å². The van der Waals surface area contributed by atoms with Gasteiger partial charge >= 0.3 is 0 Å². The predicted octanol–water partition coefficient (Wildman–Crippen LogP) is 3.41. The van der Waals surface area contributed by atoms with Crippen LogP contribution in [0.1, 0.15) is 0 Å². The van der Waals surface area contributed by atoms with Crippen molar-refractivity contribution in [1.82, 2.24) is 19.9 Å². The summed E-state index contributed by atoms with van der Waals surface area (Å²) in [6.07, 6.45) is 2.50. The van der Waals surface area contributed by atoms with Gasteiger partial charge in [-0.15, -0.1) is 0 Å². The largest absolute Gasteiger partial charge is 0.480 e. The highest BCUT2D eigenvalue weighted by Crippen LogP contribution is 2.33. The first kappa shape index (κ1) is 21.6. The van der Waals surface area contributed by atoms with Gasteiger partial charge < -0.3 is 10.5 Å². The molecule has 4 aromatic rings. The maximum Gasteiger partial charge on any atom is 0.267 e. The minimum Gasteiger partial charge on any atom is -0.480 e. The van der Waals surface area contributed by atoms with E-state index in [2.05, 4.69) is 24.7 Å². The molecule has 0 unspecified atom stereocenters. The van der Waals surface area contributed by atoms with Gasteiger partial charge in [0.2, 0.25) is 11.8 Å². The van der Waals surface area contributed by atoms with E-state index >= 15 is 4.39 Å². The fourth-order valence-electron chi connectivity index (χ4n) is 2.90. The van der Waals surface area contributed by atoms with Gasteiger partial charge in [-0.05, 0) is 30.3 Å². The van der Waals surface area contributed by atoms with Crippen LogP contribution >= 0.6 is 11.6 Å². The van der Waals surface area contributed by atoms with Crippen molar-refractivity contribution in [3.8, 4) is 17.1 Å². The van der Waals surface area contributed by atoms with Crippen molar-refractivity contribution in [2.75, 3.05) is 17.6 Å². The lowest BCUT2D eigenvalue weighted by Gasteiger charge is -2.14. The molecular formula is C19H13ClF2N6O3S. The van der Waals surface area contributed by atoms with Crippen molar-refractivity contribution in [3.63, 3.8) is 0 Å². The van der Waals surface area contributed by atoms with Crippen LogP contribution in [0.5, 0.6) is 5.88 Å². The van der Waals surface area contributed by atoms with Crippen LogP contribution in [0.25, 0.3) is 22.3 Å². The summed E-state index contributed by atoms with van der Waals surface area (Å²) in [5, 5.41) is 0.0228. The van der Waals surface area contributed by atoms with E-state index in [1.165, 1.54) is 31.6 Å². The standard InChI is InChI=1S/C19H13ClF2N6O3S/c1-31-18-15(6-9(20)7-24-18)32(29,30)28-13-3-2-10(21)16(17(13)22)12-5-4-11-14(26-12)8-25-19(23)27-11/h2-8,28H,1H3,(H2,23,25,27). The first-order chi connectivity index (χ1) is 15.2. The van der Waals surface area contributed by atoms with Crippen molar-refractivity contribution < 1.29 is 21.9 Å². The lowest BCUT2D eigenvalue weighted by atomic mass is 10.1. The summed E-state index contributed by atoms with van der Waals surface area (Å²) in [4.78, 5) is 15.3. The van der Waals surface area contributed by atoms with Gasteiger partial charge in [0, 0.05) is 6.20 Å². The number of benzene rings is 1. The number of nitrogens with two attached hydrogens (primary N) is 1. The third-order valence-electron chi connectivity index (χ3n) is 4.32. The van der Waals surface area contributed by atoms with Crippen LogP contribution < -0.4 is 15.2 Å². The molecule has 0 saturated heterocycles. The molecule has 3 heterocycles. The highest BCUT2D eigenvalue weighted by molar-refractivity contribution is 7.92. The van der Waals surface area contributed by atoms with Crippen LogP contribution in [-0.2, 0) is 10.0 Å². The quantitative estimate of drug-likeness (QED) is 0.446. The Bertz CT molecular complexity index is 1470. The number of halogens is 3. The number of sulfonamides is 1. The smallest absolute Gasteiger partial charge is 0.267 e. The Morgan fingerprint density at radius 3 is 2.59 bits per heavy atom. The lowest BCUT2D eigenvalue weighted by molar-refractivity contribution is 0.385. The number of nitrogen functional groups attached to an aromatic ring is 1. The summed E-state index contributed by atoms with van der Waals surface area (Å²) in [7, 11) is -3.17.